The molecule has 1 aliphatic carbocycles. The monoisotopic (exact) mass is 310 g/mol. The number of rotatable bonds is 9. The summed E-state index contributed by atoms with van der Waals surface area (Å²) < 4.78 is 26.7. The Labute approximate surface area is 128 Å². The Bertz CT molecular complexity index is 524. The molecule has 0 unspecified atom stereocenters. The van der Waals surface area contributed by atoms with E-state index in [1.807, 2.05) is 44.2 Å². The van der Waals surface area contributed by atoms with Gasteiger partial charge >= 0.3 is 0 Å². The Morgan fingerprint density at radius 3 is 2.48 bits per heavy atom. The highest BCUT2D eigenvalue weighted by molar-refractivity contribution is 7.89. The molecule has 0 atom stereocenters. The number of benzene rings is 1. The van der Waals surface area contributed by atoms with Gasteiger partial charge in [0.2, 0.25) is 10.0 Å². The zero-order valence-electron chi connectivity index (χ0n) is 13.0. The lowest BCUT2D eigenvalue weighted by Gasteiger charge is -2.26. The predicted octanol–water partition coefficient (Wildman–Crippen LogP) is 2.37. The van der Waals surface area contributed by atoms with Crippen LogP contribution in [0.25, 0.3) is 0 Å². The first-order chi connectivity index (χ1) is 9.99. The third-order valence-corrected chi connectivity index (χ3v) is 5.77. The van der Waals surface area contributed by atoms with Crippen molar-refractivity contribution in [2.75, 3.05) is 12.3 Å². The van der Waals surface area contributed by atoms with Crippen molar-refractivity contribution in [2.45, 2.75) is 51.7 Å². The van der Waals surface area contributed by atoms with Crippen LogP contribution < -0.4 is 5.32 Å². The lowest BCUT2D eigenvalue weighted by molar-refractivity contribution is 0.347. The summed E-state index contributed by atoms with van der Waals surface area (Å²) in [5, 5.41) is 3.36. The van der Waals surface area contributed by atoms with E-state index in [1.54, 1.807) is 4.31 Å². The maximum Gasteiger partial charge on any atom is 0.214 e. The van der Waals surface area contributed by atoms with Gasteiger partial charge in [-0.15, -0.1) is 0 Å². The number of nitrogens with one attached hydrogen (secondary N) is 1. The molecule has 0 bridgehead atoms. The quantitative estimate of drug-likeness (QED) is 0.712. The van der Waals surface area contributed by atoms with E-state index in [9.17, 15) is 8.42 Å². The summed E-state index contributed by atoms with van der Waals surface area (Å²) in [7, 11) is -3.20. The summed E-state index contributed by atoms with van der Waals surface area (Å²) >= 11 is 0. The van der Waals surface area contributed by atoms with Gasteiger partial charge in [0.1, 0.15) is 0 Å². The van der Waals surface area contributed by atoms with Crippen molar-refractivity contribution < 1.29 is 8.42 Å². The summed E-state index contributed by atoms with van der Waals surface area (Å²) in [4.78, 5) is 0. The largest absolute Gasteiger partial charge is 0.314 e. The number of nitrogens with zero attached hydrogens (tertiary/aromatic N) is 1. The number of hydrogen-bond acceptors (Lipinski definition) is 3. The highest BCUT2D eigenvalue weighted by Crippen LogP contribution is 2.18. The van der Waals surface area contributed by atoms with Crippen LogP contribution >= 0.6 is 0 Å². The Balaban J connectivity index is 1.91. The number of sulfonamides is 1. The van der Waals surface area contributed by atoms with Crippen LogP contribution in [0.1, 0.15) is 38.7 Å². The van der Waals surface area contributed by atoms with Crippen molar-refractivity contribution in [2.24, 2.45) is 0 Å². The molecule has 21 heavy (non-hydrogen) atoms. The van der Waals surface area contributed by atoms with Crippen molar-refractivity contribution in [1.82, 2.24) is 9.62 Å². The molecule has 0 saturated heterocycles. The minimum Gasteiger partial charge on any atom is -0.314 e. The first kappa shape index (κ1) is 16.5. The van der Waals surface area contributed by atoms with Gasteiger partial charge in [-0.05, 0) is 45.2 Å². The first-order valence-electron chi connectivity index (χ1n) is 7.76. The van der Waals surface area contributed by atoms with E-state index in [0.717, 1.165) is 12.1 Å². The van der Waals surface area contributed by atoms with Crippen molar-refractivity contribution in [3.63, 3.8) is 0 Å². The van der Waals surface area contributed by atoms with E-state index in [4.69, 9.17) is 0 Å². The van der Waals surface area contributed by atoms with Gasteiger partial charge in [-0.25, -0.2) is 8.42 Å². The van der Waals surface area contributed by atoms with Crippen molar-refractivity contribution in [3.05, 3.63) is 35.9 Å². The lowest BCUT2D eigenvalue weighted by atomic mass is 10.2. The topological polar surface area (TPSA) is 49.4 Å². The third-order valence-electron chi connectivity index (χ3n) is 3.70. The standard InChI is InChI=1S/C16H26N2O2S/c1-14(2)18(13-15-7-4-3-5-8-15)21(19,20)12-6-11-17-16-9-10-16/h3-5,7-8,14,16-17H,6,9-13H2,1-2H3. The van der Waals surface area contributed by atoms with E-state index in [0.29, 0.717) is 19.0 Å². The average molecular weight is 310 g/mol. The Kier molecular flexibility index (Phi) is 5.79. The Morgan fingerprint density at radius 2 is 1.90 bits per heavy atom. The molecule has 5 heteroatoms. The molecule has 0 aliphatic heterocycles. The van der Waals surface area contributed by atoms with Crippen LogP contribution in [0, 0.1) is 0 Å². The molecule has 0 amide bonds. The van der Waals surface area contributed by atoms with E-state index in [1.165, 1.54) is 12.8 Å². The van der Waals surface area contributed by atoms with Crippen LogP contribution in [-0.4, -0.2) is 37.1 Å². The lowest BCUT2D eigenvalue weighted by Crippen LogP contribution is -2.38. The van der Waals surface area contributed by atoms with Gasteiger partial charge in [-0.1, -0.05) is 30.3 Å². The molecule has 1 saturated carbocycles. The van der Waals surface area contributed by atoms with Gasteiger partial charge in [0.05, 0.1) is 5.75 Å². The molecule has 118 valence electrons. The maximum atomic E-state index is 12.5. The van der Waals surface area contributed by atoms with Crippen molar-refractivity contribution in [1.29, 1.82) is 0 Å². The van der Waals surface area contributed by atoms with E-state index in [-0.39, 0.29) is 11.8 Å². The minimum absolute atomic E-state index is 0.0217. The van der Waals surface area contributed by atoms with Gasteiger partial charge in [0.15, 0.2) is 0 Å². The molecule has 1 fully saturated rings. The third kappa shape index (κ3) is 5.41. The van der Waals surface area contributed by atoms with Crippen LogP contribution in [0.15, 0.2) is 30.3 Å². The van der Waals surface area contributed by atoms with E-state index < -0.39 is 10.0 Å². The molecule has 1 aliphatic rings. The molecular weight excluding hydrogens is 284 g/mol. The number of hydrogen-bond donors (Lipinski definition) is 1. The fraction of sp³-hybridized carbons (Fsp3) is 0.625. The van der Waals surface area contributed by atoms with Crippen LogP contribution in [0.5, 0.6) is 0 Å². The van der Waals surface area contributed by atoms with Crippen LogP contribution in [0.2, 0.25) is 0 Å². The van der Waals surface area contributed by atoms with Gasteiger partial charge < -0.3 is 5.32 Å². The van der Waals surface area contributed by atoms with Gasteiger partial charge in [0, 0.05) is 18.6 Å². The van der Waals surface area contributed by atoms with Gasteiger partial charge in [-0.3, -0.25) is 0 Å². The maximum absolute atomic E-state index is 12.5. The highest BCUT2D eigenvalue weighted by atomic mass is 32.2. The summed E-state index contributed by atoms with van der Waals surface area (Å²) in [5.41, 5.74) is 1.03. The molecule has 0 aromatic heterocycles. The molecule has 2 rings (SSSR count). The summed E-state index contributed by atoms with van der Waals surface area (Å²) in [6.45, 7) is 5.12. The predicted molar refractivity (Wildman–Crippen MR) is 86.5 cm³/mol. The molecule has 4 nitrogen and oxygen atoms in total. The van der Waals surface area contributed by atoms with Crippen LogP contribution in [-0.2, 0) is 16.6 Å². The summed E-state index contributed by atoms with van der Waals surface area (Å²) in [6, 6.07) is 10.4. The summed E-state index contributed by atoms with van der Waals surface area (Å²) in [6.07, 6.45) is 3.15. The van der Waals surface area contributed by atoms with E-state index >= 15 is 0 Å². The van der Waals surface area contributed by atoms with Gasteiger partial charge in [-0.2, -0.15) is 4.31 Å². The van der Waals surface area contributed by atoms with Crippen LogP contribution in [0.4, 0.5) is 0 Å². The molecule has 1 aromatic carbocycles. The fourth-order valence-corrected chi connectivity index (χ4v) is 4.06. The smallest absolute Gasteiger partial charge is 0.214 e. The first-order valence-corrected chi connectivity index (χ1v) is 9.37. The average Bonchev–Trinajstić information content (AvgIpc) is 3.26. The Hall–Kier alpha value is -0.910. The zero-order chi connectivity index (χ0) is 15.3. The molecule has 0 heterocycles. The molecule has 1 N–H and O–H groups in total. The SMILES string of the molecule is CC(C)N(Cc1ccccc1)S(=O)(=O)CCCNC1CC1. The summed E-state index contributed by atoms with van der Waals surface area (Å²) in [5.74, 6) is 0.220. The van der Waals surface area contributed by atoms with Crippen molar-refractivity contribution in [3.8, 4) is 0 Å². The van der Waals surface area contributed by atoms with Crippen LogP contribution in [0.3, 0.4) is 0 Å². The Morgan fingerprint density at radius 1 is 1.24 bits per heavy atom. The molecule has 0 radical (unpaired) electrons. The molecular formula is C16H26N2O2S. The van der Waals surface area contributed by atoms with E-state index in [2.05, 4.69) is 5.32 Å². The molecule has 0 spiro atoms. The second kappa shape index (κ2) is 7.38. The van der Waals surface area contributed by atoms with Gasteiger partial charge in [0.25, 0.3) is 0 Å². The highest BCUT2D eigenvalue weighted by Gasteiger charge is 2.25. The second-order valence-electron chi connectivity index (χ2n) is 6.02. The normalized spacial score (nSPS) is 15.8. The second-order valence-corrected chi connectivity index (χ2v) is 8.06. The zero-order valence-corrected chi connectivity index (χ0v) is 13.8. The molecule has 1 aromatic rings. The van der Waals surface area contributed by atoms with Crippen molar-refractivity contribution >= 4 is 10.0 Å². The minimum atomic E-state index is -3.20. The fourth-order valence-electron chi connectivity index (χ4n) is 2.33.